The minimum absolute atomic E-state index is 0.0799. The SMILES string of the molecule is CC(C)CN(CC(C)C)C(=O)Cn1c(COc2ccc(Cl)cc2Cl)nc2ccccc21. The normalized spacial score (nSPS) is 11.5. The monoisotopic (exact) mass is 461 g/mol. The zero-order valence-electron chi connectivity index (χ0n) is 18.4. The minimum Gasteiger partial charge on any atom is -0.484 e. The number of hydrogen-bond donors (Lipinski definition) is 0. The van der Waals surface area contributed by atoms with E-state index in [1.807, 2.05) is 33.7 Å². The Hall–Kier alpha value is -2.24. The Balaban J connectivity index is 1.87. The Morgan fingerprint density at radius 2 is 1.74 bits per heavy atom. The zero-order valence-corrected chi connectivity index (χ0v) is 20.0. The summed E-state index contributed by atoms with van der Waals surface area (Å²) in [5, 5.41) is 0.983. The molecule has 0 radical (unpaired) electrons. The zero-order chi connectivity index (χ0) is 22.5. The van der Waals surface area contributed by atoms with Crippen molar-refractivity contribution in [3.63, 3.8) is 0 Å². The highest BCUT2D eigenvalue weighted by atomic mass is 35.5. The number of benzene rings is 2. The van der Waals surface area contributed by atoms with E-state index >= 15 is 0 Å². The average Bonchev–Trinajstić information content (AvgIpc) is 3.03. The number of hydrogen-bond acceptors (Lipinski definition) is 3. The van der Waals surface area contributed by atoms with Gasteiger partial charge in [0.25, 0.3) is 0 Å². The van der Waals surface area contributed by atoms with Crippen molar-refractivity contribution < 1.29 is 9.53 Å². The van der Waals surface area contributed by atoms with Crippen LogP contribution in [0.5, 0.6) is 5.75 Å². The maximum atomic E-state index is 13.2. The fourth-order valence-electron chi connectivity index (χ4n) is 3.54. The fraction of sp³-hybridized carbons (Fsp3) is 0.417. The molecule has 0 saturated heterocycles. The summed E-state index contributed by atoms with van der Waals surface area (Å²) in [6, 6.07) is 12.9. The quantitative estimate of drug-likeness (QED) is 0.388. The van der Waals surface area contributed by atoms with Gasteiger partial charge < -0.3 is 14.2 Å². The lowest BCUT2D eigenvalue weighted by Crippen LogP contribution is -2.39. The van der Waals surface area contributed by atoms with E-state index in [2.05, 4.69) is 27.7 Å². The molecular weight excluding hydrogens is 433 g/mol. The molecule has 0 saturated carbocycles. The van der Waals surface area contributed by atoms with Crippen molar-refractivity contribution in [1.82, 2.24) is 14.5 Å². The molecule has 3 rings (SSSR count). The molecule has 0 aliphatic carbocycles. The Labute approximate surface area is 193 Å². The Morgan fingerprint density at radius 1 is 1.06 bits per heavy atom. The third-order valence-electron chi connectivity index (χ3n) is 4.80. The molecule has 0 bridgehead atoms. The van der Waals surface area contributed by atoms with Gasteiger partial charge in [0.15, 0.2) is 0 Å². The van der Waals surface area contributed by atoms with Gasteiger partial charge in [-0.2, -0.15) is 0 Å². The smallest absolute Gasteiger partial charge is 0.242 e. The van der Waals surface area contributed by atoms with Crippen LogP contribution in [0.25, 0.3) is 11.0 Å². The van der Waals surface area contributed by atoms with Gasteiger partial charge in [0, 0.05) is 18.1 Å². The summed E-state index contributed by atoms with van der Waals surface area (Å²) in [4.78, 5) is 19.9. The predicted molar refractivity (Wildman–Crippen MR) is 127 cm³/mol. The highest BCUT2D eigenvalue weighted by molar-refractivity contribution is 6.35. The van der Waals surface area contributed by atoms with Gasteiger partial charge in [-0.05, 0) is 42.2 Å². The molecule has 0 spiro atoms. The molecule has 0 fully saturated rings. The maximum absolute atomic E-state index is 13.2. The van der Waals surface area contributed by atoms with Gasteiger partial charge in [-0.25, -0.2) is 4.98 Å². The number of imidazole rings is 1. The second-order valence-corrected chi connectivity index (χ2v) is 9.40. The van der Waals surface area contributed by atoms with E-state index in [-0.39, 0.29) is 19.1 Å². The average molecular weight is 462 g/mol. The first-order valence-corrected chi connectivity index (χ1v) is 11.3. The van der Waals surface area contributed by atoms with E-state index in [1.54, 1.807) is 18.2 Å². The van der Waals surface area contributed by atoms with Crippen LogP contribution in [0.1, 0.15) is 33.5 Å². The third-order valence-corrected chi connectivity index (χ3v) is 5.33. The molecule has 1 amide bonds. The van der Waals surface area contributed by atoms with Gasteiger partial charge in [-0.15, -0.1) is 0 Å². The van der Waals surface area contributed by atoms with E-state index in [0.29, 0.717) is 33.5 Å². The van der Waals surface area contributed by atoms with Crippen molar-refractivity contribution in [1.29, 1.82) is 0 Å². The fourth-order valence-corrected chi connectivity index (χ4v) is 4.00. The molecule has 166 valence electrons. The Morgan fingerprint density at radius 3 is 2.39 bits per heavy atom. The molecule has 1 aromatic heterocycles. The predicted octanol–water partition coefficient (Wildman–Crippen LogP) is 6.06. The van der Waals surface area contributed by atoms with E-state index in [4.69, 9.17) is 32.9 Å². The van der Waals surface area contributed by atoms with Crippen LogP contribution >= 0.6 is 23.2 Å². The minimum atomic E-state index is 0.0799. The topological polar surface area (TPSA) is 47.4 Å². The van der Waals surface area contributed by atoms with Gasteiger partial charge in [-0.3, -0.25) is 4.79 Å². The van der Waals surface area contributed by atoms with Crippen LogP contribution in [-0.4, -0.2) is 33.4 Å². The van der Waals surface area contributed by atoms with Crippen molar-refractivity contribution in [2.45, 2.75) is 40.8 Å². The summed E-state index contributed by atoms with van der Waals surface area (Å²) >= 11 is 12.2. The summed E-state index contributed by atoms with van der Waals surface area (Å²) in [5.41, 5.74) is 1.74. The molecule has 2 aromatic carbocycles. The first-order chi connectivity index (χ1) is 14.7. The maximum Gasteiger partial charge on any atom is 0.242 e. The molecule has 1 heterocycles. The highest BCUT2D eigenvalue weighted by Crippen LogP contribution is 2.28. The molecule has 0 atom stereocenters. The van der Waals surface area contributed by atoms with E-state index in [9.17, 15) is 4.79 Å². The lowest BCUT2D eigenvalue weighted by molar-refractivity contribution is -0.132. The molecule has 0 aliphatic rings. The first-order valence-electron chi connectivity index (χ1n) is 10.5. The van der Waals surface area contributed by atoms with Crippen LogP contribution in [0.4, 0.5) is 0 Å². The van der Waals surface area contributed by atoms with Crippen LogP contribution in [0, 0.1) is 11.8 Å². The van der Waals surface area contributed by atoms with Crippen LogP contribution in [0.2, 0.25) is 10.0 Å². The van der Waals surface area contributed by atoms with Gasteiger partial charge in [0.05, 0.1) is 16.1 Å². The number of ether oxygens (including phenoxy) is 1. The van der Waals surface area contributed by atoms with Gasteiger partial charge in [-0.1, -0.05) is 63.0 Å². The molecule has 31 heavy (non-hydrogen) atoms. The second kappa shape index (κ2) is 10.4. The van der Waals surface area contributed by atoms with E-state index in [0.717, 1.165) is 24.1 Å². The number of carbonyl (C=O) groups is 1. The lowest BCUT2D eigenvalue weighted by atomic mass is 10.1. The number of nitrogens with zero attached hydrogens (tertiary/aromatic N) is 3. The third kappa shape index (κ3) is 6.14. The van der Waals surface area contributed by atoms with Crippen molar-refractivity contribution in [3.05, 3.63) is 58.3 Å². The summed E-state index contributed by atoms with van der Waals surface area (Å²) in [5.74, 6) is 2.08. The number of rotatable bonds is 9. The van der Waals surface area contributed by atoms with Crippen molar-refractivity contribution in [2.24, 2.45) is 11.8 Å². The van der Waals surface area contributed by atoms with Gasteiger partial charge in [0.1, 0.15) is 24.7 Å². The molecular formula is C24H29Cl2N3O2. The number of aromatic nitrogens is 2. The Bertz CT molecular complexity index is 1040. The van der Waals surface area contributed by atoms with Gasteiger partial charge in [0.2, 0.25) is 5.91 Å². The lowest BCUT2D eigenvalue weighted by Gasteiger charge is -2.27. The summed E-state index contributed by atoms with van der Waals surface area (Å²) in [7, 11) is 0. The summed E-state index contributed by atoms with van der Waals surface area (Å²) in [6.45, 7) is 10.4. The molecule has 0 unspecified atom stereocenters. The van der Waals surface area contributed by atoms with Crippen molar-refractivity contribution >= 4 is 40.1 Å². The first kappa shape index (κ1) is 23.4. The number of halogens is 2. The van der Waals surface area contributed by atoms with Crippen LogP contribution in [0.15, 0.2) is 42.5 Å². The van der Waals surface area contributed by atoms with Crippen LogP contribution in [-0.2, 0) is 17.9 Å². The molecule has 0 N–H and O–H groups in total. The largest absolute Gasteiger partial charge is 0.484 e. The van der Waals surface area contributed by atoms with Crippen molar-refractivity contribution in [2.75, 3.05) is 13.1 Å². The van der Waals surface area contributed by atoms with Crippen molar-refractivity contribution in [3.8, 4) is 5.75 Å². The van der Waals surface area contributed by atoms with E-state index < -0.39 is 0 Å². The summed E-state index contributed by atoms with van der Waals surface area (Å²) < 4.78 is 7.86. The molecule has 3 aromatic rings. The van der Waals surface area contributed by atoms with Gasteiger partial charge >= 0.3 is 0 Å². The number of para-hydroxylation sites is 2. The number of fused-ring (bicyclic) bond motifs is 1. The standard InChI is InChI=1S/C24H29Cl2N3O2/c1-16(2)12-28(13-17(3)4)24(30)14-29-21-8-6-5-7-20(21)27-23(29)15-31-22-10-9-18(25)11-19(22)26/h5-11,16-17H,12-15H2,1-4H3. The number of amides is 1. The summed E-state index contributed by atoms with van der Waals surface area (Å²) in [6.07, 6.45) is 0. The second-order valence-electron chi connectivity index (χ2n) is 8.55. The molecule has 7 heteroatoms. The van der Waals surface area contributed by atoms with E-state index in [1.165, 1.54) is 0 Å². The molecule has 0 aliphatic heterocycles. The number of carbonyl (C=O) groups excluding carboxylic acids is 1. The Kier molecular flexibility index (Phi) is 7.84. The highest BCUT2D eigenvalue weighted by Gasteiger charge is 2.20. The molecule has 5 nitrogen and oxygen atoms in total. The van der Waals surface area contributed by atoms with Crippen LogP contribution in [0.3, 0.4) is 0 Å². The van der Waals surface area contributed by atoms with Crippen LogP contribution < -0.4 is 4.74 Å².